The largest absolute Gasteiger partial charge is 0.235 e. The zero-order valence-electron chi connectivity index (χ0n) is 6.16. The second-order valence-electron chi connectivity index (χ2n) is 1.98. The van der Waals surface area contributed by atoms with Crippen LogP contribution in [0.15, 0.2) is 23.2 Å². The molecule has 2 nitrogen and oxygen atoms in total. The zero-order chi connectivity index (χ0) is 8.81. The van der Waals surface area contributed by atoms with Crippen LogP contribution in [0.1, 0.15) is 4.88 Å². The minimum Gasteiger partial charge on any atom is -0.211 e. The number of aliphatic imine (C=N–C) groups is 1. The van der Waals surface area contributed by atoms with Crippen molar-refractivity contribution in [3.63, 3.8) is 0 Å². The summed E-state index contributed by atoms with van der Waals surface area (Å²) in [6, 6.07) is 3.74. The third-order valence-electron chi connectivity index (χ3n) is 1.14. The molecule has 1 heterocycles. The highest BCUT2D eigenvalue weighted by Crippen LogP contribution is 2.22. The molecule has 0 saturated carbocycles. The summed E-state index contributed by atoms with van der Waals surface area (Å²) < 4.78 is 0.758. The first-order chi connectivity index (χ1) is 5.83. The molecule has 62 valence electrons. The first-order valence-corrected chi connectivity index (χ1v) is 4.48. The van der Waals surface area contributed by atoms with Crippen molar-refractivity contribution >= 4 is 35.1 Å². The van der Waals surface area contributed by atoms with Gasteiger partial charge in [-0.15, -0.1) is 11.3 Å². The van der Waals surface area contributed by atoms with Gasteiger partial charge in [-0.1, -0.05) is 17.7 Å². The molecule has 0 saturated heterocycles. The van der Waals surface area contributed by atoms with Crippen LogP contribution in [0.5, 0.6) is 0 Å². The Balaban J connectivity index is 2.51. The Labute approximate surface area is 79.2 Å². The second kappa shape index (κ2) is 4.88. The van der Waals surface area contributed by atoms with Gasteiger partial charge in [-0.25, -0.2) is 9.79 Å². The molecule has 0 radical (unpaired) electrons. The van der Waals surface area contributed by atoms with E-state index in [0.717, 1.165) is 9.21 Å². The summed E-state index contributed by atoms with van der Waals surface area (Å²) >= 11 is 7.18. The van der Waals surface area contributed by atoms with Crippen LogP contribution in [0.3, 0.4) is 0 Å². The van der Waals surface area contributed by atoms with E-state index in [1.807, 2.05) is 18.2 Å². The van der Waals surface area contributed by atoms with Gasteiger partial charge in [-0.05, 0) is 18.2 Å². The predicted molar refractivity (Wildman–Crippen MR) is 51.4 cm³/mol. The van der Waals surface area contributed by atoms with Crippen LogP contribution in [0.4, 0.5) is 0 Å². The van der Waals surface area contributed by atoms with E-state index in [1.54, 1.807) is 6.08 Å². The number of hydrogen-bond donors (Lipinski definition) is 0. The molecule has 0 amide bonds. The van der Waals surface area contributed by atoms with Gasteiger partial charge in [0.25, 0.3) is 0 Å². The van der Waals surface area contributed by atoms with E-state index in [2.05, 4.69) is 4.99 Å². The Hall–Kier alpha value is -0.890. The van der Waals surface area contributed by atoms with Gasteiger partial charge in [0.2, 0.25) is 6.08 Å². The molecule has 0 N–H and O–H groups in total. The van der Waals surface area contributed by atoms with Crippen molar-refractivity contribution in [2.75, 3.05) is 6.54 Å². The molecule has 1 aromatic heterocycles. The van der Waals surface area contributed by atoms with Crippen LogP contribution in [0.2, 0.25) is 4.34 Å². The summed E-state index contributed by atoms with van der Waals surface area (Å²) in [6.45, 7) is 0.374. The Kier molecular flexibility index (Phi) is 3.74. The monoisotopic (exact) mass is 199 g/mol. The van der Waals surface area contributed by atoms with Gasteiger partial charge in [-0.3, -0.25) is 0 Å². The molecule has 0 atom stereocenters. The summed E-state index contributed by atoms with van der Waals surface area (Å²) in [5.41, 5.74) is 0. The van der Waals surface area contributed by atoms with E-state index in [0.29, 0.717) is 6.54 Å². The van der Waals surface area contributed by atoms with Gasteiger partial charge in [0.05, 0.1) is 10.9 Å². The van der Waals surface area contributed by atoms with Crippen molar-refractivity contribution in [3.8, 4) is 0 Å². The van der Waals surface area contributed by atoms with E-state index in [1.165, 1.54) is 17.4 Å². The number of halogens is 1. The Bertz CT molecular complexity index is 326. The number of carbonyl (C=O) groups excluding carboxylic acids is 1. The fraction of sp³-hybridized carbons (Fsp3) is 0.125. The van der Waals surface area contributed by atoms with E-state index < -0.39 is 0 Å². The third-order valence-corrected chi connectivity index (χ3v) is 2.33. The highest BCUT2D eigenvalue weighted by atomic mass is 35.5. The van der Waals surface area contributed by atoms with Crippen LogP contribution in [-0.2, 0) is 4.79 Å². The van der Waals surface area contributed by atoms with Gasteiger partial charge in [-0.2, -0.15) is 0 Å². The minimum atomic E-state index is 0.374. The maximum absolute atomic E-state index is 9.68. The van der Waals surface area contributed by atoms with Gasteiger partial charge in [0, 0.05) is 4.88 Å². The van der Waals surface area contributed by atoms with Gasteiger partial charge < -0.3 is 0 Å². The van der Waals surface area contributed by atoms with Crippen LogP contribution < -0.4 is 0 Å². The average molecular weight is 200 g/mol. The molecular weight excluding hydrogens is 194 g/mol. The Morgan fingerprint density at radius 3 is 3.08 bits per heavy atom. The number of hydrogen-bond acceptors (Lipinski definition) is 3. The van der Waals surface area contributed by atoms with Crippen molar-refractivity contribution in [2.24, 2.45) is 4.99 Å². The lowest BCUT2D eigenvalue weighted by atomic mass is 10.4. The molecule has 0 bridgehead atoms. The highest BCUT2D eigenvalue weighted by Gasteiger charge is 1.91. The number of thiophene rings is 1. The van der Waals surface area contributed by atoms with Gasteiger partial charge in [0.1, 0.15) is 0 Å². The molecule has 12 heavy (non-hydrogen) atoms. The molecule has 1 aromatic rings. The van der Waals surface area contributed by atoms with Gasteiger partial charge in [0.15, 0.2) is 0 Å². The highest BCUT2D eigenvalue weighted by molar-refractivity contribution is 7.16. The van der Waals surface area contributed by atoms with Crippen molar-refractivity contribution < 1.29 is 4.79 Å². The smallest absolute Gasteiger partial charge is 0.211 e. The minimum absolute atomic E-state index is 0.374. The lowest BCUT2D eigenvalue weighted by molar-refractivity contribution is 0.564. The molecule has 0 aliphatic carbocycles. The van der Waals surface area contributed by atoms with Gasteiger partial charge >= 0.3 is 0 Å². The van der Waals surface area contributed by atoms with Crippen LogP contribution >= 0.6 is 22.9 Å². The predicted octanol–water partition coefficient (Wildman–Crippen LogP) is 2.75. The van der Waals surface area contributed by atoms with Crippen molar-refractivity contribution in [3.05, 3.63) is 27.4 Å². The molecule has 0 aliphatic rings. The molecule has 1 rings (SSSR count). The van der Waals surface area contributed by atoms with Crippen LogP contribution in [-0.4, -0.2) is 12.6 Å². The topological polar surface area (TPSA) is 29.4 Å². The fourth-order valence-corrected chi connectivity index (χ4v) is 1.67. The quantitative estimate of drug-likeness (QED) is 0.544. The number of rotatable bonds is 3. The standard InChI is InChI=1S/C8H6ClNOS/c9-8-4-3-7(12-8)2-1-5-10-6-11/h1-4H,5H2/b2-1-. The Morgan fingerprint density at radius 2 is 2.50 bits per heavy atom. The van der Waals surface area contributed by atoms with Crippen molar-refractivity contribution in [2.45, 2.75) is 0 Å². The van der Waals surface area contributed by atoms with Crippen LogP contribution in [0, 0.1) is 0 Å². The second-order valence-corrected chi connectivity index (χ2v) is 3.72. The van der Waals surface area contributed by atoms with Crippen molar-refractivity contribution in [1.82, 2.24) is 0 Å². The summed E-state index contributed by atoms with van der Waals surface area (Å²) in [7, 11) is 0. The maximum atomic E-state index is 9.68. The lowest BCUT2D eigenvalue weighted by Crippen LogP contribution is -1.67. The zero-order valence-corrected chi connectivity index (χ0v) is 7.73. The molecule has 0 aromatic carbocycles. The number of nitrogens with zero attached hydrogens (tertiary/aromatic N) is 1. The Morgan fingerprint density at radius 1 is 1.67 bits per heavy atom. The first kappa shape index (κ1) is 9.20. The molecule has 0 fully saturated rings. The third kappa shape index (κ3) is 3.01. The lowest BCUT2D eigenvalue weighted by Gasteiger charge is -1.80. The average Bonchev–Trinajstić information content (AvgIpc) is 2.45. The van der Waals surface area contributed by atoms with E-state index in [-0.39, 0.29) is 0 Å². The summed E-state index contributed by atoms with van der Waals surface area (Å²) in [4.78, 5) is 14.1. The SMILES string of the molecule is O=C=NC/C=C\c1ccc(Cl)s1. The fourth-order valence-electron chi connectivity index (χ4n) is 0.677. The van der Waals surface area contributed by atoms with Crippen LogP contribution in [0.25, 0.3) is 6.08 Å². The van der Waals surface area contributed by atoms with E-state index in [9.17, 15) is 4.79 Å². The molecular formula is C8H6ClNOS. The van der Waals surface area contributed by atoms with Crippen molar-refractivity contribution in [1.29, 1.82) is 0 Å². The summed E-state index contributed by atoms with van der Waals surface area (Å²) in [5, 5.41) is 0. The normalized spacial score (nSPS) is 10.1. The molecule has 0 spiro atoms. The summed E-state index contributed by atoms with van der Waals surface area (Å²) in [5.74, 6) is 0. The number of isocyanates is 1. The van der Waals surface area contributed by atoms with E-state index >= 15 is 0 Å². The molecule has 0 aliphatic heterocycles. The first-order valence-electron chi connectivity index (χ1n) is 3.28. The summed E-state index contributed by atoms with van der Waals surface area (Å²) in [6.07, 6.45) is 5.12. The molecule has 4 heteroatoms. The van der Waals surface area contributed by atoms with E-state index in [4.69, 9.17) is 11.6 Å². The molecule has 0 unspecified atom stereocenters. The maximum Gasteiger partial charge on any atom is 0.235 e.